The van der Waals surface area contributed by atoms with Gasteiger partial charge in [0.05, 0.1) is 11.1 Å². The van der Waals surface area contributed by atoms with Crippen LogP contribution in [-0.4, -0.2) is 49.9 Å². The number of allylic oxidation sites excluding steroid dienone is 4. The van der Waals surface area contributed by atoms with Crippen molar-refractivity contribution in [2.45, 2.75) is 87.0 Å². The summed E-state index contributed by atoms with van der Waals surface area (Å²) in [5.74, 6) is -1.29. The molecule has 3 saturated carbocycles. The number of carbonyl (C=O) groups excluding carboxylic acids is 1. The quantitative estimate of drug-likeness (QED) is 0.650. The number of rotatable bonds is 2. The van der Waals surface area contributed by atoms with Crippen LogP contribution in [0.5, 0.6) is 0 Å². The van der Waals surface area contributed by atoms with E-state index in [2.05, 4.69) is 11.9 Å². The maximum atomic E-state index is 17.4. The number of thioether (sulfide) groups is 1. The number of hydrogen-bond donors (Lipinski definition) is 1. The molecular formula is C27H34FNO5S. The van der Waals surface area contributed by atoms with Crippen LogP contribution in [0.1, 0.15) is 53.4 Å². The predicted octanol–water partition coefficient (Wildman–Crippen LogP) is 4.18. The van der Waals surface area contributed by atoms with E-state index < -0.39 is 33.3 Å². The van der Waals surface area contributed by atoms with Gasteiger partial charge in [0, 0.05) is 22.9 Å². The lowest BCUT2D eigenvalue weighted by Crippen LogP contribution is -2.68. The second-order valence-electron chi connectivity index (χ2n) is 11.5. The lowest BCUT2D eigenvalue weighted by Gasteiger charge is -2.62. The minimum Gasteiger partial charge on any atom is -0.412 e. The molecule has 8 heteroatoms. The fourth-order valence-corrected chi connectivity index (χ4v) is 9.51. The molecule has 6 rings (SSSR count). The Bertz CT molecular complexity index is 1110. The maximum absolute atomic E-state index is 17.4. The third-order valence-electron chi connectivity index (χ3n) is 9.44. The number of fused-ring (bicyclic) bond motifs is 7. The van der Waals surface area contributed by atoms with Crippen LogP contribution in [0.25, 0.3) is 0 Å². The van der Waals surface area contributed by atoms with Crippen molar-refractivity contribution in [1.29, 1.82) is 0 Å². The Labute approximate surface area is 209 Å². The molecular weight excluding hydrogens is 469 g/mol. The largest absolute Gasteiger partial charge is 0.412 e. The number of carbonyl (C=O) groups is 1. The summed E-state index contributed by atoms with van der Waals surface area (Å²) in [6.45, 7) is 7.84. The SMILES string of the molecule is CC1(C)O[C@@H]2C[C@H]3[C@@H]4CCC5=CC(=O)C=C[C@]5(C)[C@@]4(F)[C@@H](O)C[C@]3(C)[C@]2(Sc2ccccn2)O1.O. The fourth-order valence-electron chi connectivity index (χ4n) is 7.95. The minimum absolute atomic E-state index is 0. The molecule has 3 N–H and O–H groups in total. The standard InChI is InChI=1S/C27H32FNO4S.H2O/c1-23(2)32-21-14-19-18-9-8-16-13-17(30)10-11-24(16,3)26(18,28)20(31)15-25(19,4)27(21,33-23)34-22-7-5-6-12-29-22;/h5-7,10-13,18-21,31H,8-9,14-15H2,1-4H3;1H2/t18-,19-,20-,21+,24-,25-,26-,27-;/m0./s1. The highest BCUT2D eigenvalue weighted by molar-refractivity contribution is 8.00. The van der Waals surface area contributed by atoms with Gasteiger partial charge in [-0.2, -0.15) is 0 Å². The smallest absolute Gasteiger partial charge is 0.178 e. The van der Waals surface area contributed by atoms with Crippen LogP contribution in [-0.2, 0) is 14.3 Å². The number of ether oxygens (including phenoxy) is 2. The molecule has 35 heavy (non-hydrogen) atoms. The minimum atomic E-state index is -1.86. The van der Waals surface area contributed by atoms with Crippen molar-refractivity contribution in [3.05, 3.63) is 48.2 Å². The van der Waals surface area contributed by atoms with Crippen molar-refractivity contribution in [2.75, 3.05) is 0 Å². The van der Waals surface area contributed by atoms with Gasteiger partial charge in [0.2, 0.25) is 0 Å². The highest BCUT2D eigenvalue weighted by atomic mass is 32.2. The van der Waals surface area contributed by atoms with Gasteiger partial charge < -0.3 is 20.1 Å². The monoisotopic (exact) mass is 503 g/mol. The third-order valence-corrected chi connectivity index (χ3v) is 11.0. The van der Waals surface area contributed by atoms with Crippen LogP contribution in [0.2, 0.25) is 0 Å². The maximum Gasteiger partial charge on any atom is 0.178 e. The average molecular weight is 504 g/mol. The van der Waals surface area contributed by atoms with Gasteiger partial charge >= 0.3 is 0 Å². The first-order valence-electron chi connectivity index (χ1n) is 12.2. The van der Waals surface area contributed by atoms with Gasteiger partial charge in [0.1, 0.15) is 6.10 Å². The Morgan fingerprint density at radius 1 is 1.20 bits per heavy atom. The molecule has 0 bridgehead atoms. The molecule has 2 heterocycles. The molecule has 0 aromatic carbocycles. The molecule has 1 aliphatic heterocycles. The summed E-state index contributed by atoms with van der Waals surface area (Å²) in [4.78, 5) is 15.8. The first-order valence-corrected chi connectivity index (χ1v) is 13.1. The molecule has 4 aliphatic carbocycles. The van der Waals surface area contributed by atoms with Crippen LogP contribution in [0.4, 0.5) is 4.39 Å². The summed E-state index contributed by atoms with van der Waals surface area (Å²) < 4.78 is 30.6. The summed E-state index contributed by atoms with van der Waals surface area (Å²) in [5.41, 5.74) is -2.58. The number of pyridine rings is 1. The van der Waals surface area contributed by atoms with Gasteiger partial charge in [-0.15, -0.1) is 0 Å². The van der Waals surface area contributed by atoms with E-state index in [9.17, 15) is 9.90 Å². The van der Waals surface area contributed by atoms with Crippen LogP contribution >= 0.6 is 11.8 Å². The molecule has 8 atom stereocenters. The Balaban J connectivity index is 0.00000253. The molecule has 0 amide bonds. The Hall–Kier alpha value is -1.58. The van der Waals surface area contributed by atoms with Crippen molar-refractivity contribution in [3.8, 4) is 0 Å². The van der Waals surface area contributed by atoms with E-state index >= 15 is 4.39 Å². The molecule has 4 fully saturated rings. The van der Waals surface area contributed by atoms with E-state index in [-0.39, 0.29) is 35.6 Å². The molecule has 6 nitrogen and oxygen atoms in total. The Morgan fingerprint density at radius 2 is 1.97 bits per heavy atom. The number of aromatic nitrogens is 1. The number of ketones is 1. The number of halogens is 1. The van der Waals surface area contributed by atoms with Crippen LogP contribution in [0.15, 0.2) is 53.2 Å². The van der Waals surface area contributed by atoms with E-state index in [4.69, 9.17) is 9.47 Å². The van der Waals surface area contributed by atoms with E-state index in [1.807, 2.05) is 39.0 Å². The van der Waals surface area contributed by atoms with Crippen molar-refractivity contribution in [3.63, 3.8) is 0 Å². The number of hydrogen-bond acceptors (Lipinski definition) is 6. The van der Waals surface area contributed by atoms with Gasteiger partial charge in [-0.1, -0.05) is 36.4 Å². The number of aliphatic hydroxyl groups excluding tert-OH is 1. The van der Waals surface area contributed by atoms with E-state index in [0.717, 1.165) is 10.6 Å². The van der Waals surface area contributed by atoms with E-state index in [1.54, 1.807) is 30.1 Å². The second kappa shape index (κ2) is 7.71. The van der Waals surface area contributed by atoms with Crippen LogP contribution in [0, 0.1) is 22.7 Å². The van der Waals surface area contributed by atoms with Crippen molar-refractivity contribution >= 4 is 17.5 Å². The summed E-state index contributed by atoms with van der Waals surface area (Å²) in [6.07, 6.45) is 7.23. The van der Waals surface area contributed by atoms with Gasteiger partial charge in [-0.25, -0.2) is 9.37 Å². The van der Waals surface area contributed by atoms with Gasteiger partial charge in [-0.3, -0.25) is 4.79 Å². The molecule has 1 saturated heterocycles. The third kappa shape index (κ3) is 3.10. The highest BCUT2D eigenvalue weighted by Crippen LogP contribution is 2.74. The fraction of sp³-hybridized carbons (Fsp3) is 0.630. The molecule has 1 aromatic rings. The molecule has 5 aliphatic rings. The molecule has 190 valence electrons. The lowest BCUT2D eigenvalue weighted by molar-refractivity contribution is -0.231. The highest BCUT2D eigenvalue weighted by Gasteiger charge is 2.78. The molecule has 1 aromatic heterocycles. The zero-order valence-electron chi connectivity index (χ0n) is 20.6. The Kier molecular flexibility index (Phi) is 5.53. The van der Waals surface area contributed by atoms with Gasteiger partial charge in [0.15, 0.2) is 22.2 Å². The zero-order valence-corrected chi connectivity index (χ0v) is 21.4. The lowest BCUT2D eigenvalue weighted by atomic mass is 9.45. The zero-order chi connectivity index (χ0) is 24.1. The Morgan fingerprint density at radius 3 is 2.69 bits per heavy atom. The van der Waals surface area contributed by atoms with Crippen LogP contribution < -0.4 is 0 Å². The van der Waals surface area contributed by atoms with Gasteiger partial charge in [-0.05, 0) is 76.7 Å². The average Bonchev–Trinajstić information content (AvgIpc) is 3.15. The van der Waals surface area contributed by atoms with Gasteiger partial charge in [0.25, 0.3) is 0 Å². The normalized spacial score (nSPS) is 47.1. The van der Waals surface area contributed by atoms with Crippen molar-refractivity contribution < 1.29 is 29.2 Å². The van der Waals surface area contributed by atoms with E-state index in [1.165, 1.54) is 6.08 Å². The number of alkyl halides is 1. The summed E-state index contributed by atoms with van der Waals surface area (Å²) >= 11 is 1.56. The predicted molar refractivity (Wildman–Crippen MR) is 130 cm³/mol. The topological polar surface area (TPSA) is 100 Å². The number of aliphatic hydroxyl groups is 1. The van der Waals surface area contributed by atoms with Crippen molar-refractivity contribution in [1.82, 2.24) is 4.98 Å². The first kappa shape index (κ1) is 25.1. The first-order chi connectivity index (χ1) is 16.0. The van der Waals surface area contributed by atoms with Crippen molar-refractivity contribution in [2.24, 2.45) is 22.7 Å². The molecule has 0 unspecified atom stereocenters. The molecule has 0 spiro atoms. The summed E-state index contributed by atoms with van der Waals surface area (Å²) in [5, 5.41) is 12.5. The summed E-state index contributed by atoms with van der Waals surface area (Å²) in [7, 11) is 0. The summed E-state index contributed by atoms with van der Waals surface area (Å²) in [6, 6.07) is 5.79. The number of nitrogens with zero attached hydrogens (tertiary/aromatic N) is 1. The van der Waals surface area contributed by atoms with Crippen LogP contribution in [0.3, 0.4) is 0 Å². The second-order valence-corrected chi connectivity index (χ2v) is 12.8. The molecule has 0 radical (unpaired) electrons. The van der Waals surface area contributed by atoms with E-state index in [0.29, 0.717) is 19.3 Å².